The van der Waals surface area contributed by atoms with Crippen LogP contribution in [0.1, 0.15) is 30.8 Å². The molecule has 1 heterocycles. The van der Waals surface area contributed by atoms with Crippen LogP contribution in [0.4, 0.5) is 0 Å². The highest BCUT2D eigenvalue weighted by atomic mass is 79.9. The van der Waals surface area contributed by atoms with E-state index >= 15 is 0 Å². The van der Waals surface area contributed by atoms with Crippen LogP contribution in [0.5, 0.6) is 0 Å². The molecule has 0 fully saturated rings. The lowest BCUT2D eigenvalue weighted by atomic mass is 10.1. The number of hydrogen-bond donors (Lipinski definition) is 1. The van der Waals surface area contributed by atoms with Crippen LogP contribution in [0.2, 0.25) is 0 Å². The van der Waals surface area contributed by atoms with Gasteiger partial charge in [0.1, 0.15) is 0 Å². The van der Waals surface area contributed by atoms with Crippen molar-refractivity contribution in [1.29, 1.82) is 0 Å². The highest BCUT2D eigenvalue weighted by molar-refractivity contribution is 9.10. The largest absolute Gasteiger partial charge is 0.421 e. The highest BCUT2D eigenvalue weighted by Crippen LogP contribution is 2.23. The van der Waals surface area contributed by atoms with Gasteiger partial charge >= 0.3 is 0 Å². The molecule has 0 radical (unpaired) electrons. The van der Waals surface area contributed by atoms with Crippen molar-refractivity contribution < 1.29 is 9.21 Å². The number of hydrogen-bond acceptors (Lipinski definition) is 4. The average Bonchev–Trinajstić information content (AvgIpc) is 3.10. The molecule has 128 valence electrons. The first-order chi connectivity index (χ1) is 12.1. The Morgan fingerprint density at radius 3 is 2.60 bits per heavy atom. The summed E-state index contributed by atoms with van der Waals surface area (Å²) in [6.45, 7) is 1.96. The minimum atomic E-state index is -0.0781. The zero-order chi connectivity index (χ0) is 17.6. The molecule has 2 aromatic carbocycles. The standard InChI is InChI=1S/C19H18BrN3O2/c1-13(15-9-5-6-10-16(15)20)21-17(24)11-12-18-22-23-19(25-18)14-7-3-2-4-8-14/h2-10,13H,11-12H2,1H3,(H,21,24). The Balaban J connectivity index is 1.54. The molecule has 1 atom stereocenters. The van der Waals surface area contributed by atoms with Gasteiger partial charge in [0.15, 0.2) is 0 Å². The molecule has 0 aliphatic heterocycles. The van der Waals surface area contributed by atoms with E-state index in [1.54, 1.807) is 0 Å². The number of nitrogens with zero attached hydrogens (tertiary/aromatic N) is 2. The number of benzene rings is 2. The van der Waals surface area contributed by atoms with E-state index in [1.807, 2.05) is 61.5 Å². The predicted molar refractivity (Wildman–Crippen MR) is 98.8 cm³/mol. The van der Waals surface area contributed by atoms with Crippen LogP contribution < -0.4 is 5.32 Å². The van der Waals surface area contributed by atoms with Crippen molar-refractivity contribution in [2.45, 2.75) is 25.8 Å². The van der Waals surface area contributed by atoms with Crippen molar-refractivity contribution >= 4 is 21.8 Å². The smallest absolute Gasteiger partial charge is 0.247 e. The molecule has 1 N–H and O–H groups in total. The Hall–Kier alpha value is -2.47. The summed E-state index contributed by atoms with van der Waals surface area (Å²) in [6, 6.07) is 17.3. The maximum absolute atomic E-state index is 12.2. The Morgan fingerprint density at radius 1 is 1.12 bits per heavy atom. The van der Waals surface area contributed by atoms with Crippen LogP contribution in [-0.2, 0) is 11.2 Å². The number of nitrogens with one attached hydrogen (secondary N) is 1. The van der Waals surface area contributed by atoms with Gasteiger partial charge in [-0.05, 0) is 30.7 Å². The SMILES string of the molecule is CC(NC(=O)CCc1nnc(-c2ccccc2)o1)c1ccccc1Br. The topological polar surface area (TPSA) is 68.0 Å². The van der Waals surface area contributed by atoms with Crippen LogP contribution in [0.25, 0.3) is 11.5 Å². The molecule has 1 unspecified atom stereocenters. The van der Waals surface area contributed by atoms with Gasteiger partial charge in [-0.1, -0.05) is 52.3 Å². The summed E-state index contributed by atoms with van der Waals surface area (Å²) in [5.41, 5.74) is 1.91. The molecule has 0 aliphatic carbocycles. The lowest BCUT2D eigenvalue weighted by molar-refractivity contribution is -0.121. The molecule has 1 aromatic heterocycles. The van der Waals surface area contributed by atoms with E-state index in [1.165, 1.54) is 0 Å². The normalized spacial score (nSPS) is 11.9. The van der Waals surface area contributed by atoms with E-state index in [9.17, 15) is 4.79 Å². The first-order valence-electron chi connectivity index (χ1n) is 8.05. The summed E-state index contributed by atoms with van der Waals surface area (Å²) in [5, 5.41) is 11.0. The number of aryl methyl sites for hydroxylation is 1. The minimum Gasteiger partial charge on any atom is -0.421 e. The van der Waals surface area contributed by atoms with Crippen molar-refractivity contribution in [2.75, 3.05) is 0 Å². The third kappa shape index (κ3) is 4.54. The molecular formula is C19H18BrN3O2. The molecule has 3 aromatic rings. The second kappa shape index (κ2) is 8.07. The Bertz CT molecular complexity index is 849. The quantitative estimate of drug-likeness (QED) is 0.670. The van der Waals surface area contributed by atoms with E-state index in [2.05, 4.69) is 31.4 Å². The number of carbonyl (C=O) groups excluding carboxylic acids is 1. The highest BCUT2D eigenvalue weighted by Gasteiger charge is 2.14. The molecule has 0 aliphatic rings. The molecule has 0 saturated carbocycles. The molecular weight excluding hydrogens is 382 g/mol. The van der Waals surface area contributed by atoms with Crippen LogP contribution in [0.3, 0.4) is 0 Å². The van der Waals surface area contributed by atoms with Crippen LogP contribution in [0, 0.1) is 0 Å². The van der Waals surface area contributed by atoms with Crippen LogP contribution in [-0.4, -0.2) is 16.1 Å². The van der Waals surface area contributed by atoms with Gasteiger partial charge in [-0.15, -0.1) is 10.2 Å². The third-order valence-electron chi connectivity index (χ3n) is 3.80. The molecule has 25 heavy (non-hydrogen) atoms. The minimum absolute atomic E-state index is 0.0530. The monoisotopic (exact) mass is 399 g/mol. The number of amides is 1. The summed E-state index contributed by atoms with van der Waals surface area (Å²) in [5.74, 6) is 0.878. The fraction of sp³-hybridized carbons (Fsp3) is 0.211. The zero-order valence-electron chi connectivity index (χ0n) is 13.8. The summed E-state index contributed by atoms with van der Waals surface area (Å²) < 4.78 is 6.60. The molecule has 3 rings (SSSR count). The van der Waals surface area contributed by atoms with Gasteiger partial charge in [0, 0.05) is 22.9 Å². The zero-order valence-corrected chi connectivity index (χ0v) is 15.4. The second-order valence-electron chi connectivity index (χ2n) is 5.68. The lowest BCUT2D eigenvalue weighted by Gasteiger charge is -2.15. The number of halogens is 1. The Morgan fingerprint density at radius 2 is 1.84 bits per heavy atom. The summed E-state index contributed by atoms with van der Waals surface area (Å²) >= 11 is 3.50. The van der Waals surface area contributed by atoms with Crippen molar-refractivity contribution in [3.8, 4) is 11.5 Å². The van der Waals surface area contributed by atoms with Gasteiger partial charge in [-0.3, -0.25) is 4.79 Å². The van der Waals surface area contributed by atoms with Crippen molar-refractivity contribution in [3.63, 3.8) is 0 Å². The van der Waals surface area contributed by atoms with Crippen molar-refractivity contribution in [2.24, 2.45) is 0 Å². The van der Waals surface area contributed by atoms with Gasteiger partial charge in [0.2, 0.25) is 17.7 Å². The van der Waals surface area contributed by atoms with Gasteiger partial charge < -0.3 is 9.73 Å². The van der Waals surface area contributed by atoms with Gasteiger partial charge in [-0.2, -0.15) is 0 Å². The van der Waals surface area contributed by atoms with Crippen LogP contribution in [0.15, 0.2) is 63.5 Å². The fourth-order valence-corrected chi connectivity index (χ4v) is 3.12. The second-order valence-corrected chi connectivity index (χ2v) is 6.53. The number of aromatic nitrogens is 2. The number of carbonyl (C=O) groups is 1. The van der Waals surface area contributed by atoms with Crippen LogP contribution >= 0.6 is 15.9 Å². The molecule has 1 amide bonds. The fourth-order valence-electron chi connectivity index (χ4n) is 2.49. The first kappa shape index (κ1) is 17.4. The maximum atomic E-state index is 12.2. The van der Waals surface area contributed by atoms with Crippen molar-refractivity contribution in [1.82, 2.24) is 15.5 Å². The van der Waals surface area contributed by atoms with E-state index in [4.69, 9.17) is 4.42 Å². The molecule has 0 spiro atoms. The Kier molecular flexibility index (Phi) is 5.60. The van der Waals surface area contributed by atoms with Gasteiger partial charge in [0.25, 0.3) is 0 Å². The molecule has 5 nitrogen and oxygen atoms in total. The summed E-state index contributed by atoms with van der Waals surface area (Å²) in [7, 11) is 0. The van der Waals surface area contributed by atoms with Crippen molar-refractivity contribution in [3.05, 3.63) is 70.5 Å². The third-order valence-corrected chi connectivity index (χ3v) is 4.52. The molecule has 0 bridgehead atoms. The Labute approximate surface area is 154 Å². The maximum Gasteiger partial charge on any atom is 0.247 e. The van der Waals surface area contributed by atoms with E-state index in [0.29, 0.717) is 24.6 Å². The average molecular weight is 400 g/mol. The van der Waals surface area contributed by atoms with Gasteiger partial charge in [0.05, 0.1) is 6.04 Å². The first-order valence-corrected chi connectivity index (χ1v) is 8.84. The lowest BCUT2D eigenvalue weighted by Crippen LogP contribution is -2.27. The molecule has 6 heteroatoms. The predicted octanol–water partition coefficient (Wildman–Crippen LogP) is 4.31. The molecule has 0 saturated heterocycles. The number of rotatable bonds is 6. The van der Waals surface area contributed by atoms with E-state index in [0.717, 1.165) is 15.6 Å². The summed E-state index contributed by atoms with van der Waals surface area (Å²) in [4.78, 5) is 12.2. The van der Waals surface area contributed by atoms with Gasteiger partial charge in [-0.25, -0.2) is 0 Å². The summed E-state index contributed by atoms with van der Waals surface area (Å²) in [6.07, 6.45) is 0.708. The van der Waals surface area contributed by atoms with E-state index < -0.39 is 0 Å². The van der Waals surface area contributed by atoms with E-state index in [-0.39, 0.29) is 11.9 Å².